The second kappa shape index (κ2) is 8.78. The number of hydrogen-bond acceptors (Lipinski definition) is 8. The van der Waals surface area contributed by atoms with E-state index in [1.54, 1.807) is 31.2 Å². The highest BCUT2D eigenvalue weighted by Gasteiger charge is 2.15. The quantitative estimate of drug-likeness (QED) is 0.546. The van der Waals surface area contributed by atoms with Crippen LogP contribution in [0.25, 0.3) is 0 Å². The van der Waals surface area contributed by atoms with Crippen LogP contribution in [0.5, 0.6) is 5.75 Å². The molecule has 1 aromatic carbocycles. The third-order valence-electron chi connectivity index (χ3n) is 4.10. The first-order chi connectivity index (χ1) is 13.9. The summed E-state index contributed by atoms with van der Waals surface area (Å²) in [4.78, 5) is 38.6. The predicted octanol–water partition coefficient (Wildman–Crippen LogP) is 1.10. The highest BCUT2D eigenvalue weighted by molar-refractivity contribution is 7.99. The zero-order valence-corrected chi connectivity index (χ0v) is 16.8. The van der Waals surface area contributed by atoms with Gasteiger partial charge in [0.05, 0.1) is 25.0 Å². The van der Waals surface area contributed by atoms with Crippen LogP contribution in [0.3, 0.4) is 0 Å². The summed E-state index contributed by atoms with van der Waals surface area (Å²) in [5.41, 5.74) is 0.466. The first kappa shape index (κ1) is 20.4. The molecule has 0 saturated carbocycles. The second-order valence-corrected chi connectivity index (χ2v) is 7.00. The molecule has 3 aromatic rings. The fourth-order valence-electron chi connectivity index (χ4n) is 2.56. The lowest BCUT2D eigenvalue weighted by Crippen LogP contribution is -2.36. The monoisotopic (exact) mass is 417 g/mol. The number of aromatic nitrogens is 4. The van der Waals surface area contributed by atoms with Gasteiger partial charge in [-0.3, -0.25) is 14.2 Å². The molecule has 11 heteroatoms. The lowest BCUT2D eigenvalue weighted by Gasteiger charge is -2.08. The third kappa shape index (κ3) is 4.74. The fraction of sp³-hybridized carbons (Fsp3) is 0.278. The van der Waals surface area contributed by atoms with Gasteiger partial charge in [-0.1, -0.05) is 23.9 Å². The van der Waals surface area contributed by atoms with E-state index in [2.05, 4.69) is 20.5 Å². The molecule has 0 saturated heterocycles. The zero-order chi connectivity index (χ0) is 21.0. The van der Waals surface area contributed by atoms with Gasteiger partial charge in [-0.15, -0.1) is 10.2 Å². The van der Waals surface area contributed by atoms with Gasteiger partial charge < -0.3 is 19.5 Å². The fourth-order valence-corrected chi connectivity index (χ4v) is 3.14. The summed E-state index contributed by atoms with van der Waals surface area (Å²) in [6.07, 6.45) is 0.0796. The molecule has 1 amide bonds. The maximum absolute atomic E-state index is 12.2. The van der Waals surface area contributed by atoms with Crippen molar-refractivity contribution in [2.24, 2.45) is 7.05 Å². The summed E-state index contributed by atoms with van der Waals surface area (Å²) in [5.74, 6) is 0.567. The SMILES string of the molecule is COc1ccccc1NC(=O)CSc1nnc(Cc2c(C)[nH]c(=O)n(C)c2=O)o1. The van der Waals surface area contributed by atoms with E-state index in [-0.39, 0.29) is 29.2 Å². The number of carbonyl (C=O) groups is 1. The van der Waals surface area contributed by atoms with Gasteiger partial charge in [-0.2, -0.15) is 0 Å². The average molecular weight is 417 g/mol. The molecule has 10 nitrogen and oxygen atoms in total. The minimum atomic E-state index is -0.487. The van der Waals surface area contributed by atoms with Gasteiger partial charge in [0.1, 0.15) is 5.75 Å². The molecule has 0 aliphatic rings. The maximum Gasteiger partial charge on any atom is 0.328 e. The number of thioether (sulfide) groups is 1. The summed E-state index contributed by atoms with van der Waals surface area (Å²) in [6.45, 7) is 1.63. The van der Waals surface area contributed by atoms with Crippen molar-refractivity contribution in [1.29, 1.82) is 0 Å². The van der Waals surface area contributed by atoms with Crippen molar-refractivity contribution < 1.29 is 13.9 Å². The van der Waals surface area contributed by atoms with Crippen LogP contribution in [0.1, 0.15) is 17.1 Å². The number of para-hydroxylation sites is 2. The van der Waals surface area contributed by atoms with Crippen molar-refractivity contribution in [2.45, 2.75) is 18.6 Å². The molecule has 0 aliphatic heterocycles. The summed E-state index contributed by atoms with van der Waals surface area (Å²) < 4.78 is 11.7. The van der Waals surface area contributed by atoms with Crippen molar-refractivity contribution >= 4 is 23.4 Å². The molecule has 0 aliphatic carbocycles. The number of nitrogens with one attached hydrogen (secondary N) is 2. The normalized spacial score (nSPS) is 10.7. The molecule has 2 N–H and O–H groups in total. The number of anilines is 1. The van der Waals surface area contributed by atoms with E-state index in [0.29, 0.717) is 22.7 Å². The Bertz CT molecular complexity index is 1150. The number of benzene rings is 1. The predicted molar refractivity (Wildman–Crippen MR) is 106 cm³/mol. The minimum absolute atomic E-state index is 0.0547. The first-order valence-corrected chi connectivity index (χ1v) is 9.54. The van der Waals surface area contributed by atoms with Crippen LogP contribution in [0.15, 0.2) is 43.5 Å². The number of methoxy groups -OCH3 is 1. The van der Waals surface area contributed by atoms with Crippen LogP contribution in [0, 0.1) is 6.92 Å². The number of hydrogen-bond donors (Lipinski definition) is 2. The standard InChI is InChI=1S/C18H19N5O5S/c1-10-11(16(25)23(2)17(26)19-10)8-15-21-22-18(28-15)29-9-14(24)20-12-6-4-5-7-13(12)27-3/h4-7H,8-9H2,1-3H3,(H,19,26)(H,20,24). The molecule has 0 fully saturated rings. The van der Waals surface area contributed by atoms with Gasteiger partial charge >= 0.3 is 5.69 Å². The molecule has 2 aromatic heterocycles. The molecule has 0 atom stereocenters. The maximum atomic E-state index is 12.2. The highest BCUT2D eigenvalue weighted by atomic mass is 32.2. The van der Waals surface area contributed by atoms with Crippen LogP contribution in [0.4, 0.5) is 5.69 Å². The second-order valence-electron chi connectivity index (χ2n) is 6.07. The Morgan fingerprint density at radius 2 is 2.07 bits per heavy atom. The Hall–Kier alpha value is -3.34. The minimum Gasteiger partial charge on any atom is -0.495 e. The number of amides is 1. The molecule has 3 rings (SSSR count). The Morgan fingerprint density at radius 1 is 1.31 bits per heavy atom. The zero-order valence-electron chi connectivity index (χ0n) is 16.0. The number of ether oxygens (including phenoxy) is 1. The van der Waals surface area contributed by atoms with Crippen molar-refractivity contribution in [3.8, 4) is 5.75 Å². The van der Waals surface area contributed by atoms with Gasteiger partial charge in [0.25, 0.3) is 10.8 Å². The van der Waals surface area contributed by atoms with Gasteiger partial charge in [0, 0.05) is 18.3 Å². The van der Waals surface area contributed by atoms with E-state index >= 15 is 0 Å². The molecule has 152 valence electrons. The Morgan fingerprint density at radius 3 is 2.83 bits per heavy atom. The Kier molecular flexibility index (Phi) is 6.17. The van der Waals surface area contributed by atoms with Gasteiger partial charge in [-0.05, 0) is 19.1 Å². The van der Waals surface area contributed by atoms with Crippen molar-refractivity contribution in [3.63, 3.8) is 0 Å². The van der Waals surface area contributed by atoms with Crippen molar-refractivity contribution in [2.75, 3.05) is 18.2 Å². The van der Waals surface area contributed by atoms with Crippen molar-refractivity contribution in [1.82, 2.24) is 19.7 Å². The Labute approximate surface area is 169 Å². The van der Waals surface area contributed by atoms with E-state index in [1.165, 1.54) is 14.2 Å². The third-order valence-corrected chi connectivity index (χ3v) is 4.92. The molecule has 0 unspecified atom stereocenters. The number of aryl methyl sites for hydroxylation is 1. The van der Waals surface area contributed by atoms with Crippen LogP contribution in [-0.4, -0.2) is 38.5 Å². The van der Waals surface area contributed by atoms with E-state index < -0.39 is 11.2 Å². The smallest absolute Gasteiger partial charge is 0.328 e. The van der Waals surface area contributed by atoms with Gasteiger partial charge in [0.15, 0.2) is 0 Å². The van der Waals surface area contributed by atoms with E-state index in [4.69, 9.17) is 9.15 Å². The lowest BCUT2D eigenvalue weighted by atomic mass is 10.2. The largest absolute Gasteiger partial charge is 0.495 e. The summed E-state index contributed by atoms with van der Waals surface area (Å²) in [7, 11) is 2.91. The van der Waals surface area contributed by atoms with Crippen LogP contribution in [-0.2, 0) is 18.3 Å². The number of carbonyl (C=O) groups excluding carboxylic acids is 1. The average Bonchev–Trinajstić information content (AvgIpc) is 3.16. The molecule has 0 spiro atoms. The molecule has 29 heavy (non-hydrogen) atoms. The van der Waals surface area contributed by atoms with E-state index in [9.17, 15) is 14.4 Å². The number of H-pyrrole nitrogens is 1. The highest BCUT2D eigenvalue weighted by Crippen LogP contribution is 2.24. The van der Waals surface area contributed by atoms with Gasteiger partial charge in [-0.25, -0.2) is 4.79 Å². The summed E-state index contributed by atoms with van der Waals surface area (Å²) >= 11 is 1.07. The molecule has 0 radical (unpaired) electrons. The van der Waals surface area contributed by atoms with Crippen LogP contribution >= 0.6 is 11.8 Å². The molecular formula is C18H19N5O5S. The van der Waals surface area contributed by atoms with Crippen molar-refractivity contribution in [3.05, 3.63) is 62.3 Å². The molecule has 0 bridgehead atoms. The topological polar surface area (TPSA) is 132 Å². The number of nitrogens with zero attached hydrogens (tertiary/aromatic N) is 3. The van der Waals surface area contributed by atoms with E-state index in [1.807, 2.05) is 0 Å². The summed E-state index contributed by atoms with van der Waals surface area (Å²) in [6, 6.07) is 7.08. The number of rotatable bonds is 7. The van der Waals surface area contributed by atoms with Crippen LogP contribution < -0.4 is 21.3 Å². The first-order valence-electron chi connectivity index (χ1n) is 8.56. The van der Waals surface area contributed by atoms with E-state index in [0.717, 1.165) is 16.3 Å². The molecular weight excluding hydrogens is 398 g/mol. The van der Waals surface area contributed by atoms with Gasteiger partial charge in [0.2, 0.25) is 11.8 Å². The Balaban J connectivity index is 1.63. The summed E-state index contributed by atoms with van der Waals surface area (Å²) in [5, 5.41) is 10.7. The number of aromatic amines is 1. The molecule has 2 heterocycles. The van der Waals surface area contributed by atoms with Crippen LogP contribution in [0.2, 0.25) is 0 Å². The lowest BCUT2D eigenvalue weighted by molar-refractivity contribution is -0.113.